The topological polar surface area (TPSA) is 287 Å². The summed E-state index contributed by atoms with van der Waals surface area (Å²) in [5.74, 6) is -8.48. The van der Waals surface area contributed by atoms with Gasteiger partial charge in [0, 0.05) is 52.9 Å². The van der Waals surface area contributed by atoms with Crippen molar-refractivity contribution < 1.29 is 70.1 Å². The van der Waals surface area contributed by atoms with Crippen molar-refractivity contribution in [3.8, 4) is 23.0 Å². The number of aliphatic carboxylic acids is 1. The summed E-state index contributed by atoms with van der Waals surface area (Å²) in [6.07, 6.45) is 7.72. The van der Waals surface area contributed by atoms with E-state index in [1.54, 1.807) is 36.5 Å². The van der Waals surface area contributed by atoms with Gasteiger partial charge in [-0.3, -0.25) is 9.69 Å². The molecule has 1 amide bonds. The van der Waals surface area contributed by atoms with Crippen molar-refractivity contribution >= 4 is 23.6 Å². The van der Waals surface area contributed by atoms with Crippen LogP contribution in [-0.2, 0) is 26.2 Å². The Kier molecular flexibility index (Phi) is 12.7. The third-order valence-corrected chi connectivity index (χ3v) is 15.3. The molecule has 3 heterocycles. The number of fused-ring (bicyclic) bond motifs is 3. The second-order valence-electron chi connectivity index (χ2n) is 19.3. The number of nitrogens with one attached hydrogen (secondary N) is 1. The minimum absolute atomic E-state index is 0.00579. The van der Waals surface area contributed by atoms with Crippen molar-refractivity contribution in [2.45, 2.75) is 136 Å². The standard InChI is InChI=1S/C51H59N3O14/c55-27-40-44(60)45(61)46(62)51(66,68-40)67-39-24-35-33(23-38(39)58)43-42(49(18-7-2-8-19-49)34-9-3-4-10-37(34)57)30(15-20-48(65)16-5-1-6-17-48)25-50(43,47(63)64)54(35)41(59)14-12-29-11-13-36(56)31(21-29)22-32-26-52-28-53-32/h3-4,9-14,21,23-26,28,40,42-46,55-58,60-62,65-66H,1-2,5-8,15-20,22,27H2,(H,52,53)(H,63,64). The van der Waals surface area contributed by atoms with Gasteiger partial charge in [0.1, 0.15) is 29.8 Å². The number of aliphatic hydroxyl groups excluding tert-OH is 4. The van der Waals surface area contributed by atoms with Gasteiger partial charge in [-0.1, -0.05) is 68.4 Å². The van der Waals surface area contributed by atoms with Crippen molar-refractivity contribution in [1.82, 2.24) is 9.97 Å². The fourth-order valence-electron chi connectivity index (χ4n) is 12.0. The number of rotatable bonds is 13. The van der Waals surface area contributed by atoms with E-state index in [1.807, 2.05) is 12.1 Å². The maximum absolute atomic E-state index is 15.3. The molecule has 1 aromatic heterocycles. The highest BCUT2D eigenvalue weighted by Gasteiger charge is 2.68. The first-order chi connectivity index (χ1) is 32.5. The number of carboxylic acid groups (broad SMARTS) is 1. The Morgan fingerprint density at radius 2 is 1.59 bits per heavy atom. The van der Waals surface area contributed by atoms with Crippen LogP contribution in [0.25, 0.3) is 6.08 Å². The van der Waals surface area contributed by atoms with E-state index < -0.39 is 88.8 Å². The average molecular weight is 938 g/mol. The van der Waals surface area contributed by atoms with Crippen LogP contribution in [-0.4, -0.2) is 121 Å². The second-order valence-corrected chi connectivity index (χ2v) is 19.3. The maximum Gasteiger partial charge on any atom is 0.355 e. The Morgan fingerprint density at radius 1 is 0.868 bits per heavy atom. The minimum Gasteiger partial charge on any atom is -0.508 e. The van der Waals surface area contributed by atoms with Crippen LogP contribution in [0, 0.1) is 5.92 Å². The molecule has 3 fully saturated rings. The highest BCUT2D eigenvalue weighted by Crippen LogP contribution is 2.67. The predicted molar refractivity (Wildman–Crippen MR) is 245 cm³/mol. The normalized spacial score (nSPS) is 29.6. The van der Waals surface area contributed by atoms with E-state index >= 15 is 4.79 Å². The Bertz CT molecular complexity index is 2580. The molecule has 68 heavy (non-hydrogen) atoms. The van der Waals surface area contributed by atoms with Gasteiger partial charge in [-0.05, 0) is 92.0 Å². The summed E-state index contributed by atoms with van der Waals surface area (Å²) in [4.78, 5) is 38.0. The number of phenols is 3. The number of aromatic amines is 1. The molecule has 0 radical (unpaired) electrons. The number of allylic oxidation sites excluding steroid dienone is 1. The number of aliphatic hydroxyl groups is 6. The largest absolute Gasteiger partial charge is 0.508 e. The van der Waals surface area contributed by atoms with Crippen molar-refractivity contribution in [3.05, 3.63) is 113 Å². The predicted octanol–water partition coefficient (Wildman–Crippen LogP) is 4.52. The number of para-hydroxylation sites is 1. The molecule has 17 heteroatoms. The van der Waals surface area contributed by atoms with Crippen molar-refractivity contribution in [3.63, 3.8) is 0 Å². The lowest BCUT2D eigenvalue weighted by Gasteiger charge is -2.48. The average Bonchev–Trinajstić information content (AvgIpc) is 4.04. The van der Waals surface area contributed by atoms with E-state index in [4.69, 9.17) is 9.47 Å². The quantitative estimate of drug-likeness (QED) is 0.0500. The number of amides is 1. The summed E-state index contributed by atoms with van der Waals surface area (Å²) in [7, 11) is 0. The van der Waals surface area contributed by atoms with E-state index in [0.717, 1.165) is 55.2 Å². The molecule has 8 unspecified atom stereocenters. The minimum atomic E-state index is -3.18. The molecule has 3 aromatic carbocycles. The number of hydrogen-bond acceptors (Lipinski definition) is 14. The van der Waals surface area contributed by atoms with Crippen LogP contribution < -0.4 is 9.64 Å². The number of aromatic nitrogens is 2. The lowest BCUT2D eigenvalue weighted by atomic mass is 9.55. The molecule has 11 N–H and O–H groups in total. The van der Waals surface area contributed by atoms with Crippen LogP contribution in [0.3, 0.4) is 0 Å². The van der Waals surface area contributed by atoms with E-state index in [0.29, 0.717) is 60.8 Å². The van der Waals surface area contributed by atoms with Gasteiger partial charge >= 0.3 is 11.9 Å². The molecule has 362 valence electrons. The number of H-pyrrole nitrogens is 1. The molecule has 17 nitrogen and oxygen atoms in total. The number of anilines is 1. The molecule has 5 aliphatic rings. The number of nitrogens with zero attached hydrogens (tertiary/aromatic N) is 2. The molecule has 2 saturated carbocycles. The third kappa shape index (κ3) is 8.12. The van der Waals surface area contributed by atoms with E-state index in [9.17, 15) is 55.9 Å². The molecule has 1 saturated heterocycles. The summed E-state index contributed by atoms with van der Waals surface area (Å²) < 4.78 is 11.1. The first-order valence-corrected chi connectivity index (χ1v) is 23.4. The number of carboxylic acids is 1. The van der Waals surface area contributed by atoms with Gasteiger partial charge in [-0.2, -0.15) is 0 Å². The Balaban J connectivity index is 1.22. The molecular weight excluding hydrogens is 879 g/mol. The summed E-state index contributed by atoms with van der Waals surface area (Å²) in [6, 6.07) is 14.1. The van der Waals surface area contributed by atoms with Crippen LogP contribution in [0.4, 0.5) is 5.69 Å². The zero-order chi connectivity index (χ0) is 48.2. The highest BCUT2D eigenvalue weighted by molar-refractivity contribution is 6.13. The number of ether oxygens (including phenoxy) is 2. The molecule has 0 spiro atoms. The van der Waals surface area contributed by atoms with Crippen molar-refractivity contribution in [2.24, 2.45) is 5.92 Å². The third-order valence-electron chi connectivity index (χ3n) is 15.3. The fraction of sp³-hybridized carbons (Fsp3) is 0.471. The lowest BCUT2D eigenvalue weighted by Crippen LogP contribution is -2.67. The van der Waals surface area contributed by atoms with E-state index in [-0.39, 0.29) is 29.2 Å². The van der Waals surface area contributed by atoms with Crippen LogP contribution in [0.15, 0.2) is 84.8 Å². The first kappa shape index (κ1) is 47.3. The van der Waals surface area contributed by atoms with E-state index in [1.165, 1.54) is 30.6 Å². The van der Waals surface area contributed by atoms with Gasteiger partial charge in [0.2, 0.25) is 0 Å². The van der Waals surface area contributed by atoms with Crippen molar-refractivity contribution in [1.29, 1.82) is 0 Å². The van der Waals surface area contributed by atoms with Gasteiger partial charge in [0.15, 0.2) is 23.1 Å². The smallest absolute Gasteiger partial charge is 0.355 e. The van der Waals surface area contributed by atoms with Gasteiger partial charge in [-0.15, -0.1) is 0 Å². The number of imidazole rings is 1. The zero-order valence-corrected chi connectivity index (χ0v) is 37.4. The summed E-state index contributed by atoms with van der Waals surface area (Å²) in [5.41, 5.74) is -0.876. The summed E-state index contributed by atoms with van der Waals surface area (Å²) in [5, 5.41) is 111. The Morgan fingerprint density at radius 3 is 2.26 bits per heavy atom. The molecular formula is C51H59N3O14. The van der Waals surface area contributed by atoms with Gasteiger partial charge in [0.05, 0.1) is 24.2 Å². The highest BCUT2D eigenvalue weighted by atomic mass is 16.8. The molecule has 9 rings (SSSR count). The molecule has 0 bridgehead atoms. The number of hydrogen-bond donors (Lipinski definition) is 11. The number of phenolic OH excluding ortho intramolecular Hbond substituents is 3. The second kappa shape index (κ2) is 18.3. The Hall–Kier alpha value is -5.79. The number of aromatic hydroxyl groups is 3. The summed E-state index contributed by atoms with van der Waals surface area (Å²) >= 11 is 0. The monoisotopic (exact) mass is 937 g/mol. The fourth-order valence-corrected chi connectivity index (χ4v) is 12.0. The number of benzene rings is 3. The molecule has 3 aliphatic carbocycles. The number of carbonyl (C=O) groups excluding carboxylic acids is 1. The first-order valence-electron chi connectivity index (χ1n) is 23.4. The Labute approximate surface area is 392 Å². The van der Waals surface area contributed by atoms with Crippen LogP contribution in [0.5, 0.6) is 23.0 Å². The molecule has 4 aromatic rings. The van der Waals surface area contributed by atoms with Crippen LogP contribution >= 0.6 is 0 Å². The summed E-state index contributed by atoms with van der Waals surface area (Å²) in [6.45, 7) is -0.915. The lowest BCUT2D eigenvalue weighted by molar-refractivity contribution is -0.422. The molecule has 2 aliphatic heterocycles. The van der Waals surface area contributed by atoms with Gasteiger partial charge < -0.3 is 65.5 Å². The molecule has 8 atom stereocenters. The van der Waals surface area contributed by atoms with Gasteiger partial charge in [0.25, 0.3) is 5.91 Å². The van der Waals surface area contributed by atoms with E-state index in [2.05, 4.69) is 9.97 Å². The van der Waals surface area contributed by atoms with Crippen molar-refractivity contribution in [2.75, 3.05) is 11.5 Å². The van der Waals surface area contributed by atoms with Crippen LogP contribution in [0.2, 0.25) is 0 Å². The van der Waals surface area contributed by atoms with Gasteiger partial charge in [-0.25, -0.2) is 9.78 Å². The van der Waals surface area contributed by atoms with Crippen LogP contribution in [0.1, 0.15) is 111 Å². The number of carbonyl (C=O) groups is 2. The maximum atomic E-state index is 15.3. The SMILES string of the molecule is O=C(C=Cc1ccc(O)c(Cc2cnc[nH]2)c1)N1c2cc(OC3(O)OC(CO)C(O)C(O)C3O)c(O)cc2C2C(C3(c4ccccc4O)CCCCC3)C(CCC3(O)CCCCC3)=CC21C(=O)O. The zero-order valence-electron chi connectivity index (χ0n) is 37.4.